The van der Waals surface area contributed by atoms with E-state index in [4.69, 9.17) is 4.74 Å². The summed E-state index contributed by atoms with van der Waals surface area (Å²) in [6, 6.07) is -1.18. The largest absolute Gasteiger partial charge is 0.368 e. The molecule has 3 saturated carbocycles. The number of likely N-dealkylation sites (tertiary alicyclic amines) is 1. The van der Waals surface area contributed by atoms with Gasteiger partial charge in [-0.25, -0.2) is 4.39 Å². The minimum absolute atomic E-state index is 0.0257. The number of hydrogen-bond donors (Lipinski definition) is 4. The fourth-order valence-corrected chi connectivity index (χ4v) is 9.52. The third kappa shape index (κ3) is 5.64. The molecule has 0 bridgehead atoms. The third-order valence-corrected chi connectivity index (χ3v) is 11.8. The van der Waals surface area contributed by atoms with Gasteiger partial charge < -0.3 is 35.8 Å². The number of nitrogens with zero attached hydrogens (tertiary/aromatic N) is 2. The number of Topliss-reactive ketones (excluding diaryl/α,β-unsaturated/α-hetero) is 1. The van der Waals surface area contributed by atoms with E-state index in [2.05, 4.69) is 38.1 Å². The van der Waals surface area contributed by atoms with Crippen LogP contribution in [0.15, 0.2) is 11.8 Å². The van der Waals surface area contributed by atoms with E-state index in [1.807, 2.05) is 0 Å². The Bertz CT molecular complexity index is 1120. The van der Waals surface area contributed by atoms with Gasteiger partial charge in [0.25, 0.3) is 5.91 Å². The number of carbonyl (C=O) groups excluding carboxylic acids is 3. The predicted octanol–water partition coefficient (Wildman–Crippen LogP) is 0.865. The summed E-state index contributed by atoms with van der Waals surface area (Å²) in [5.74, 6) is -0.364. The highest BCUT2D eigenvalue weighted by molar-refractivity contribution is 6.20. The molecule has 6 fully saturated rings. The van der Waals surface area contributed by atoms with Gasteiger partial charge in [0, 0.05) is 44.3 Å². The number of ketones is 1. The molecule has 0 spiro atoms. The average molecular weight is 601 g/mol. The van der Waals surface area contributed by atoms with Crippen LogP contribution in [0, 0.1) is 17.8 Å². The summed E-state index contributed by atoms with van der Waals surface area (Å²) in [6.45, 7) is 3.54. The fourth-order valence-electron chi connectivity index (χ4n) is 9.52. The lowest BCUT2D eigenvalue weighted by Gasteiger charge is -2.60. The Labute approximate surface area is 254 Å². The second-order valence-corrected chi connectivity index (χ2v) is 14.3. The van der Waals surface area contributed by atoms with E-state index >= 15 is 4.39 Å². The van der Waals surface area contributed by atoms with Gasteiger partial charge in [-0.15, -0.1) is 0 Å². The van der Waals surface area contributed by atoms with Crippen molar-refractivity contribution in [3.8, 4) is 0 Å². The molecule has 3 aliphatic carbocycles. The lowest BCUT2D eigenvalue weighted by molar-refractivity contribution is -0.208. The number of amides is 2. The fraction of sp³-hybridized carbons (Fsp3) is 0.844. The molecule has 7 aliphatic rings. The SMILES string of the molecule is CN1CCCC1CCNC(=O)C1=CN2C3CC4CCCCC4CC3OC3C(NC(=O)C4CNCCN4)C(F)CC(C1=O)C32. The minimum atomic E-state index is -1.44. The molecule has 0 aromatic rings. The molecule has 0 aromatic heterocycles. The summed E-state index contributed by atoms with van der Waals surface area (Å²) in [5, 5.41) is 12.5. The van der Waals surface area contributed by atoms with E-state index in [9.17, 15) is 14.4 Å². The molecule has 238 valence electrons. The molecule has 4 heterocycles. The van der Waals surface area contributed by atoms with Crippen molar-refractivity contribution < 1.29 is 23.5 Å². The number of halogens is 1. The number of hydrogen-bond acceptors (Lipinski definition) is 8. The summed E-state index contributed by atoms with van der Waals surface area (Å²) < 4.78 is 22.9. The highest BCUT2D eigenvalue weighted by atomic mass is 19.1. The smallest absolute Gasteiger partial charge is 0.256 e. The Morgan fingerprint density at radius 1 is 1.09 bits per heavy atom. The van der Waals surface area contributed by atoms with Gasteiger partial charge in [0.2, 0.25) is 5.91 Å². The summed E-state index contributed by atoms with van der Waals surface area (Å²) in [5.41, 5.74) is 0.151. The predicted molar refractivity (Wildman–Crippen MR) is 159 cm³/mol. The van der Waals surface area contributed by atoms with Crippen LogP contribution in [0.3, 0.4) is 0 Å². The van der Waals surface area contributed by atoms with Crippen LogP contribution in [0.25, 0.3) is 0 Å². The Kier molecular flexibility index (Phi) is 8.52. The number of piperazine rings is 1. The molecule has 11 atom stereocenters. The van der Waals surface area contributed by atoms with Crippen molar-refractivity contribution in [2.45, 2.75) is 113 Å². The van der Waals surface area contributed by atoms with Crippen molar-refractivity contribution >= 4 is 17.6 Å². The number of morpholine rings is 1. The van der Waals surface area contributed by atoms with Crippen LogP contribution < -0.4 is 21.3 Å². The van der Waals surface area contributed by atoms with Gasteiger partial charge in [-0.3, -0.25) is 14.4 Å². The van der Waals surface area contributed by atoms with Crippen LogP contribution in [-0.2, 0) is 19.1 Å². The van der Waals surface area contributed by atoms with Crippen molar-refractivity contribution in [2.24, 2.45) is 17.8 Å². The van der Waals surface area contributed by atoms with Gasteiger partial charge >= 0.3 is 0 Å². The molecule has 4 aliphatic heterocycles. The molecule has 11 unspecified atom stereocenters. The first-order valence-electron chi connectivity index (χ1n) is 16.9. The van der Waals surface area contributed by atoms with Crippen molar-refractivity contribution in [2.75, 3.05) is 39.8 Å². The van der Waals surface area contributed by atoms with Crippen LogP contribution in [0.5, 0.6) is 0 Å². The first-order chi connectivity index (χ1) is 20.9. The standard InChI is InChI=1S/C32H49FN6O4/c1-38-12-4-7-20(38)8-9-36-31(41)22-17-39-25-13-18-5-2-3-6-19(18)14-26(25)43-30-27(23(33)15-21(28(30)39)29(22)40)37-32(42)24-16-34-10-11-35-24/h17-21,23-28,30,34-35H,2-16H2,1H3,(H,36,41)(H,37,42). The number of rotatable bonds is 6. The summed E-state index contributed by atoms with van der Waals surface area (Å²) >= 11 is 0. The van der Waals surface area contributed by atoms with Crippen molar-refractivity contribution in [1.29, 1.82) is 0 Å². The monoisotopic (exact) mass is 600 g/mol. The molecule has 43 heavy (non-hydrogen) atoms. The zero-order valence-corrected chi connectivity index (χ0v) is 25.4. The molecule has 3 saturated heterocycles. The van der Waals surface area contributed by atoms with E-state index in [0.717, 1.165) is 38.8 Å². The van der Waals surface area contributed by atoms with Crippen LogP contribution >= 0.6 is 0 Å². The molecule has 11 heteroatoms. The van der Waals surface area contributed by atoms with Gasteiger partial charge in [-0.05, 0) is 64.0 Å². The normalized spacial score (nSPS) is 42.7. The van der Waals surface area contributed by atoms with Gasteiger partial charge in [0.1, 0.15) is 12.3 Å². The molecular formula is C32H49FN6O4. The zero-order valence-electron chi connectivity index (χ0n) is 25.4. The Morgan fingerprint density at radius 3 is 2.65 bits per heavy atom. The highest BCUT2D eigenvalue weighted by Gasteiger charge is 2.60. The van der Waals surface area contributed by atoms with Crippen LogP contribution in [0.2, 0.25) is 0 Å². The molecule has 0 aromatic carbocycles. The second-order valence-electron chi connectivity index (χ2n) is 14.3. The Hall–Kier alpha value is -2.08. The van der Waals surface area contributed by atoms with Crippen LogP contribution in [-0.4, -0.2) is 116 Å². The lowest BCUT2D eigenvalue weighted by atomic mass is 9.65. The molecular weight excluding hydrogens is 551 g/mol. The highest BCUT2D eigenvalue weighted by Crippen LogP contribution is 2.50. The van der Waals surface area contributed by atoms with Gasteiger partial charge in [-0.2, -0.15) is 0 Å². The quantitative estimate of drug-likeness (QED) is 0.332. The van der Waals surface area contributed by atoms with Crippen molar-refractivity contribution in [3.05, 3.63) is 11.8 Å². The first-order valence-corrected chi connectivity index (χ1v) is 16.9. The maximum Gasteiger partial charge on any atom is 0.256 e. The van der Waals surface area contributed by atoms with Crippen LogP contribution in [0.1, 0.15) is 64.2 Å². The average Bonchev–Trinajstić information content (AvgIpc) is 3.43. The maximum absolute atomic E-state index is 16.1. The number of alkyl halides is 1. The van der Waals surface area contributed by atoms with Gasteiger partial charge in [0.15, 0.2) is 5.78 Å². The summed E-state index contributed by atoms with van der Waals surface area (Å²) in [4.78, 5) is 45.2. The lowest BCUT2D eigenvalue weighted by Crippen LogP contribution is -2.74. The first kappa shape index (κ1) is 29.6. The van der Waals surface area contributed by atoms with E-state index in [1.165, 1.54) is 32.1 Å². The third-order valence-electron chi connectivity index (χ3n) is 11.8. The molecule has 7 rings (SSSR count). The Balaban J connectivity index is 1.14. The van der Waals surface area contributed by atoms with Crippen molar-refractivity contribution in [1.82, 2.24) is 31.1 Å². The topological polar surface area (TPSA) is 115 Å². The van der Waals surface area contributed by atoms with Crippen LogP contribution in [0.4, 0.5) is 4.39 Å². The second kappa shape index (κ2) is 12.4. The molecule has 4 N–H and O–H groups in total. The molecule has 0 radical (unpaired) electrons. The number of fused-ring (bicyclic) bond motifs is 3. The van der Waals surface area contributed by atoms with Gasteiger partial charge in [0.05, 0.1) is 35.8 Å². The van der Waals surface area contributed by atoms with E-state index in [1.54, 1.807) is 6.20 Å². The van der Waals surface area contributed by atoms with E-state index in [0.29, 0.717) is 37.5 Å². The zero-order chi connectivity index (χ0) is 29.7. The summed E-state index contributed by atoms with van der Waals surface area (Å²) in [6.07, 6.45) is 9.45. The Morgan fingerprint density at radius 2 is 1.91 bits per heavy atom. The minimum Gasteiger partial charge on any atom is -0.368 e. The van der Waals surface area contributed by atoms with Gasteiger partial charge in [-0.1, -0.05) is 25.7 Å². The number of carbonyl (C=O) groups is 3. The molecule has 10 nitrogen and oxygen atoms in total. The number of nitrogens with one attached hydrogen (secondary N) is 4. The summed E-state index contributed by atoms with van der Waals surface area (Å²) in [7, 11) is 2.12. The van der Waals surface area contributed by atoms with E-state index < -0.39 is 36.3 Å². The number of ether oxygens (including phenoxy) is 1. The molecule has 2 amide bonds. The maximum atomic E-state index is 16.1. The van der Waals surface area contributed by atoms with Crippen molar-refractivity contribution in [3.63, 3.8) is 0 Å². The van der Waals surface area contributed by atoms with E-state index in [-0.39, 0.29) is 41.7 Å².